The van der Waals surface area contributed by atoms with Gasteiger partial charge in [0.1, 0.15) is 17.3 Å². The first-order valence-corrected chi connectivity index (χ1v) is 10.1. The van der Waals surface area contributed by atoms with Gasteiger partial charge in [0.2, 0.25) is 0 Å². The molecule has 3 heterocycles. The minimum absolute atomic E-state index is 0.0495. The zero-order chi connectivity index (χ0) is 19.0. The van der Waals surface area contributed by atoms with E-state index in [9.17, 15) is 4.79 Å². The molecule has 0 N–H and O–H groups in total. The molecule has 1 saturated heterocycles. The number of amides is 1. The molecule has 4 rings (SSSR count). The number of para-hydroxylation sites is 1. The lowest BCUT2D eigenvalue weighted by Gasteiger charge is -2.35. The van der Waals surface area contributed by atoms with Crippen molar-refractivity contribution in [2.75, 3.05) is 11.4 Å². The van der Waals surface area contributed by atoms with Gasteiger partial charge < -0.3 is 9.80 Å². The first kappa shape index (κ1) is 18.0. The standard InChI is InChI=1S/C22H28N4O/c1-4-18-10-7-8-12-25(18)22(27)19-14-21(24-16(3)23-19)26-15(2)13-17-9-5-6-11-20(17)26/h5-6,9,11,14-15,18H,4,7-8,10,12-13H2,1-3H3. The maximum absolute atomic E-state index is 13.2. The SMILES string of the molecule is CCC1CCCCN1C(=O)c1cc(N2c3ccccc3CC2C)nc(C)n1. The molecule has 2 atom stereocenters. The molecule has 0 bridgehead atoms. The van der Waals surface area contributed by atoms with Crippen LogP contribution in [0.25, 0.3) is 0 Å². The van der Waals surface area contributed by atoms with Crippen molar-refractivity contribution in [1.82, 2.24) is 14.9 Å². The second kappa shape index (κ2) is 7.29. The van der Waals surface area contributed by atoms with E-state index in [0.717, 1.165) is 38.0 Å². The largest absolute Gasteiger partial charge is 0.334 e. The van der Waals surface area contributed by atoms with Gasteiger partial charge in [-0.25, -0.2) is 9.97 Å². The minimum atomic E-state index is 0.0495. The third-order valence-corrected chi connectivity index (χ3v) is 5.86. The number of hydrogen-bond donors (Lipinski definition) is 0. The molecule has 1 fully saturated rings. The molecule has 0 saturated carbocycles. The van der Waals surface area contributed by atoms with Gasteiger partial charge in [0, 0.05) is 30.4 Å². The van der Waals surface area contributed by atoms with Gasteiger partial charge in [-0.2, -0.15) is 0 Å². The highest BCUT2D eigenvalue weighted by molar-refractivity contribution is 5.93. The van der Waals surface area contributed by atoms with Gasteiger partial charge in [-0.1, -0.05) is 25.1 Å². The first-order chi connectivity index (χ1) is 13.1. The molecule has 5 nitrogen and oxygen atoms in total. The van der Waals surface area contributed by atoms with Crippen molar-refractivity contribution < 1.29 is 4.79 Å². The van der Waals surface area contributed by atoms with Crippen LogP contribution >= 0.6 is 0 Å². The Labute approximate surface area is 161 Å². The molecule has 0 radical (unpaired) electrons. The molecule has 27 heavy (non-hydrogen) atoms. The van der Waals surface area contributed by atoms with Crippen LogP contribution in [-0.4, -0.2) is 39.4 Å². The summed E-state index contributed by atoms with van der Waals surface area (Å²) in [5.74, 6) is 1.53. The molecule has 5 heteroatoms. The summed E-state index contributed by atoms with van der Waals surface area (Å²) in [6, 6.07) is 11.0. The van der Waals surface area contributed by atoms with Gasteiger partial charge in [-0.3, -0.25) is 4.79 Å². The zero-order valence-corrected chi connectivity index (χ0v) is 16.5. The highest BCUT2D eigenvalue weighted by Crippen LogP contribution is 2.37. The van der Waals surface area contributed by atoms with E-state index in [1.807, 2.05) is 17.9 Å². The summed E-state index contributed by atoms with van der Waals surface area (Å²) >= 11 is 0. The second-order valence-corrected chi connectivity index (χ2v) is 7.77. The number of nitrogens with zero attached hydrogens (tertiary/aromatic N) is 4. The van der Waals surface area contributed by atoms with E-state index in [4.69, 9.17) is 0 Å². The number of hydrogen-bond acceptors (Lipinski definition) is 4. The van der Waals surface area contributed by atoms with Gasteiger partial charge >= 0.3 is 0 Å². The molecule has 2 unspecified atom stereocenters. The topological polar surface area (TPSA) is 49.3 Å². The summed E-state index contributed by atoms with van der Waals surface area (Å²) in [6.07, 6.45) is 5.37. The fraction of sp³-hybridized carbons (Fsp3) is 0.500. The third kappa shape index (κ3) is 3.31. The summed E-state index contributed by atoms with van der Waals surface area (Å²) in [7, 11) is 0. The molecule has 0 aliphatic carbocycles. The summed E-state index contributed by atoms with van der Waals surface area (Å²) in [6.45, 7) is 7.07. The molecular weight excluding hydrogens is 336 g/mol. The molecule has 0 spiro atoms. The average molecular weight is 364 g/mol. The van der Waals surface area contributed by atoms with Crippen molar-refractivity contribution in [3.8, 4) is 0 Å². The number of carbonyl (C=O) groups excluding carboxylic acids is 1. The van der Waals surface area contributed by atoms with E-state index in [1.54, 1.807) is 0 Å². The Hall–Kier alpha value is -2.43. The van der Waals surface area contributed by atoms with E-state index in [0.29, 0.717) is 23.6 Å². The van der Waals surface area contributed by atoms with Crippen LogP contribution in [0.2, 0.25) is 0 Å². The number of anilines is 2. The van der Waals surface area contributed by atoms with E-state index in [2.05, 4.69) is 53.0 Å². The van der Waals surface area contributed by atoms with Gasteiger partial charge in [-0.05, 0) is 57.6 Å². The smallest absolute Gasteiger partial charge is 0.272 e. The monoisotopic (exact) mass is 364 g/mol. The lowest BCUT2D eigenvalue weighted by molar-refractivity contribution is 0.0601. The number of fused-ring (bicyclic) bond motifs is 1. The van der Waals surface area contributed by atoms with E-state index >= 15 is 0 Å². The average Bonchev–Trinajstić information content (AvgIpc) is 3.02. The number of aryl methyl sites for hydroxylation is 1. The van der Waals surface area contributed by atoms with E-state index in [1.165, 1.54) is 17.7 Å². The fourth-order valence-corrected chi connectivity index (χ4v) is 4.54. The van der Waals surface area contributed by atoms with Gasteiger partial charge in [0.25, 0.3) is 5.91 Å². The van der Waals surface area contributed by atoms with Crippen LogP contribution in [0, 0.1) is 6.92 Å². The predicted octanol–water partition coefficient (Wildman–Crippen LogP) is 4.27. The van der Waals surface area contributed by atoms with Crippen molar-refractivity contribution in [2.45, 2.75) is 65.0 Å². The molecule has 1 amide bonds. The van der Waals surface area contributed by atoms with Crippen molar-refractivity contribution in [3.05, 3.63) is 47.4 Å². The van der Waals surface area contributed by atoms with Crippen LogP contribution in [0.3, 0.4) is 0 Å². The summed E-state index contributed by atoms with van der Waals surface area (Å²) in [5, 5.41) is 0. The minimum Gasteiger partial charge on any atom is -0.334 e. The maximum Gasteiger partial charge on any atom is 0.272 e. The van der Waals surface area contributed by atoms with Crippen LogP contribution < -0.4 is 4.90 Å². The Kier molecular flexibility index (Phi) is 4.85. The molecule has 2 aliphatic rings. The lowest BCUT2D eigenvalue weighted by atomic mass is 9.99. The molecule has 2 aromatic rings. The Morgan fingerprint density at radius 2 is 2.04 bits per heavy atom. The lowest BCUT2D eigenvalue weighted by Crippen LogP contribution is -2.43. The van der Waals surface area contributed by atoms with Crippen molar-refractivity contribution in [2.24, 2.45) is 0 Å². The van der Waals surface area contributed by atoms with Crippen molar-refractivity contribution in [3.63, 3.8) is 0 Å². The number of rotatable bonds is 3. The number of benzene rings is 1. The Balaban J connectivity index is 1.69. The van der Waals surface area contributed by atoms with Crippen LogP contribution in [-0.2, 0) is 6.42 Å². The first-order valence-electron chi connectivity index (χ1n) is 10.1. The summed E-state index contributed by atoms with van der Waals surface area (Å²) in [4.78, 5) is 26.7. The predicted molar refractivity (Wildman–Crippen MR) is 107 cm³/mol. The van der Waals surface area contributed by atoms with Gasteiger partial charge in [0.05, 0.1) is 0 Å². The fourth-order valence-electron chi connectivity index (χ4n) is 4.54. The Morgan fingerprint density at radius 3 is 2.85 bits per heavy atom. The Bertz CT molecular complexity index is 850. The highest BCUT2D eigenvalue weighted by atomic mass is 16.2. The quantitative estimate of drug-likeness (QED) is 0.816. The van der Waals surface area contributed by atoms with Gasteiger partial charge in [-0.15, -0.1) is 0 Å². The number of likely N-dealkylation sites (tertiary alicyclic amines) is 1. The van der Waals surface area contributed by atoms with Crippen molar-refractivity contribution >= 4 is 17.4 Å². The number of aromatic nitrogens is 2. The number of piperidine rings is 1. The van der Waals surface area contributed by atoms with E-state index < -0.39 is 0 Å². The zero-order valence-electron chi connectivity index (χ0n) is 16.5. The van der Waals surface area contributed by atoms with Crippen LogP contribution in [0.5, 0.6) is 0 Å². The van der Waals surface area contributed by atoms with Crippen LogP contribution in [0.15, 0.2) is 30.3 Å². The normalized spacial score (nSPS) is 22.0. The maximum atomic E-state index is 13.2. The Morgan fingerprint density at radius 1 is 1.22 bits per heavy atom. The van der Waals surface area contributed by atoms with Crippen LogP contribution in [0.1, 0.15) is 61.4 Å². The molecule has 1 aromatic heterocycles. The van der Waals surface area contributed by atoms with Crippen LogP contribution in [0.4, 0.5) is 11.5 Å². The third-order valence-electron chi connectivity index (χ3n) is 5.86. The highest BCUT2D eigenvalue weighted by Gasteiger charge is 2.31. The molecular formula is C22H28N4O. The molecule has 2 aliphatic heterocycles. The molecule has 1 aromatic carbocycles. The number of carbonyl (C=O) groups is 1. The van der Waals surface area contributed by atoms with Gasteiger partial charge in [0.15, 0.2) is 0 Å². The van der Waals surface area contributed by atoms with E-state index in [-0.39, 0.29) is 5.91 Å². The summed E-state index contributed by atoms with van der Waals surface area (Å²) < 4.78 is 0. The molecule has 142 valence electrons. The summed E-state index contributed by atoms with van der Waals surface area (Å²) in [5.41, 5.74) is 3.04. The van der Waals surface area contributed by atoms with Crippen molar-refractivity contribution in [1.29, 1.82) is 0 Å². The second-order valence-electron chi connectivity index (χ2n) is 7.77.